The topological polar surface area (TPSA) is 30.5 Å². The quantitative estimate of drug-likeness (QED) is 0.812. The van der Waals surface area contributed by atoms with Crippen molar-refractivity contribution >= 4 is 21.8 Å². The van der Waals surface area contributed by atoms with Crippen molar-refractivity contribution in [2.75, 3.05) is 18.6 Å². The molecule has 0 heterocycles. The minimum atomic E-state index is 0.742. The fraction of sp³-hybridized carbons (Fsp3) is 0.250. The van der Waals surface area contributed by atoms with Gasteiger partial charge in [-0.25, -0.2) is 0 Å². The predicted octanol–water partition coefficient (Wildman–Crippen LogP) is 2.43. The van der Waals surface area contributed by atoms with E-state index in [0.717, 1.165) is 17.2 Å². The SMILES string of the molecule is COc1cccc(OC)c1NBr. The molecule has 0 aromatic heterocycles. The Morgan fingerprint density at radius 3 is 2.00 bits per heavy atom. The number of benzene rings is 1. The Balaban J connectivity index is 3.13. The molecular weight excluding hydrogens is 222 g/mol. The third kappa shape index (κ3) is 1.64. The van der Waals surface area contributed by atoms with Crippen molar-refractivity contribution in [2.24, 2.45) is 0 Å². The van der Waals surface area contributed by atoms with Gasteiger partial charge in [0.05, 0.1) is 14.2 Å². The van der Waals surface area contributed by atoms with Gasteiger partial charge >= 0.3 is 0 Å². The molecule has 0 saturated carbocycles. The molecule has 0 spiro atoms. The van der Waals surface area contributed by atoms with E-state index in [0.29, 0.717) is 0 Å². The van der Waals surface area contributed by atoms with Crippen LogP contribution < -0.4 is 13.8 Å². The molecule has 0 aliphatic carbocycles. The summed E-state index contributed by atoms with van der Waals surface area (Å²) in [6.07, 6.45) is 0. The number of halogens is 1. The van der Waals surface area contributed by atoms with E-state index >= 15 is 0 Å². The molecule has 1 aromatic rings. The number of hydrogen-bond donors (Lipinski definition) is 1. The molecular formula is C8H10BrNO2. The van der Waals surface area contributed by atoms with Gasteiger partial charge in [-0.3, -0.25) is 0 Å². The molecule has 0 aliphatic heterocycles. The molecule has 12 heavy (non-hydrogen) atoms. The highest BCUT2D eigenvalue weighted by Crippen LogP contribution is 2.34. The van der Waals surface area contributed by atoms with E-state index in [-0.39, 0.29) is 0 Å². The lowest BCUT2D eigenvalue weighted by Crippen LogP contribution is -1.93. The summed E-state index contributed by atoms with van der Waals surface area (Å²) in [6, 6.07) is 5.57. The van der Waals surface area contributed by atoms with Crippen LogP contribution in [-0.4, -0.2) is 14.2 Å². The Hall–Kier alpha value is -0.900. The third-order valence-corrected chi connectivity index (χ3v) is 1.92. The molecule has 66 valence electrons. The molecule has 0 aliphatic rings. The van der Waals surface area contributed by atoms with Gasteiger partial charge in [-0.05, 0) is 12.1 Å². The minimum absolute atomic E-state index is 0.742. The second-order valence-corrected chi connectivity index (χ2v) is 2.53. The summed E-state index contributed by atoms with van der Waals surface area (Å²) >= 11 is 3.13. The average molecular weight is 232 g/mol. The zero-order valence-corrected chi connectivity index (χ0v) is 8.51. The highest BCUT2D eigenvalue weighted by molar-refractivity contribution is 9.10. The number of ether oxygens (including phenoxy) is 2. The van der Waals surface area contributed by atoms with E-state index < -0.39 is 0 Å². The van der Waals surface area contributed by atoms with E-state index in [1.54, 1.807) is 14.2 Å². The Morgan fingerprint density at radius 1 is 1.17 bits per heavy atom. The van der Waals surface area contributed by atoms with Crippen molar-refractivity contribution in [1.82, 2.24) is 0 Å². The lowest BCUT2D eigenvalue weighted by atomic mass is 10.3. The van der Waals surface area contributed by atoms with Crippen LogP contribution in [0.3, 0.4) is 0 Å². The molecule has 0 radical (unpaired) electrons. The molecule has 1 N–H and O–H groups in total. The summed E-state index contributed by atoms with van der Waals surface area (Å²) in [6.45, 7) is 0. The highest BCUT2D eigenvalue weighted by atomic mass is 79.9. The van der Waals surface area contributed by atoms with Gasteiger partial charge in [0.2, 0.25) is 0 Å². The zero-order chi connectivity index (χ0) is 8.97. The largest absolute Gasteiger partial charge is 0.494 e. The molecule has 0 amide bonds. The molecule has 0 saturated heterocycles. The van der Waals surface area contributed by atoms with Crippen LogP contribution in [0, 0.1) is 0 Å². The fourth-order valence-electron chi connectivity index (χ4n) is 0.944. The van der Waals surface area contributed by atoms with Gasteiger partial charge in [-0.1, -0.05) is 6.07 Å². The number of para-hydroxylation sites is 1. The normalized spacial score (nSPS) is 9.25. The standard InChI is InChI=1S/C8H10BrNO2/c1-11-6-4-3-5-7(12-2)8(6)10-9/h3-5,10H,1-2H3. The van der Waals surface area contributed by atoms with Gasteiger partial charge in [0.15, 0.2) is 0 Å². The Bertz CT molecular complexity index is 243. The summed E-state index contributed by atoms with van der Waals surface area (Å²) in [7, 11) is 3.23. The van der Waals surface area contributed by atoms with Crippen molar-refractivity contribution in [3.8, 4) is 11.5 Å². The maximum Gasteiger partial charge on any atom is 0.146 e. The van der Waals surface area contributed by atoms with E-state index in [4.69, 9.17) is 9.47 Å². The fourth-order valence-corrected chi connectivity index (χ4v) is 1.34. The van der Waals surface area contributed by atoms with Crippen LogP contribution in [0.1, 0.15) is 0 Å². The van der Waals surface area contributed by atoms with E-state index in [2.05, 4.69) is 20.5 Å². The summed E-state index contributed by atoms with van der Waals surface area (Å²) in [5.41, 5.74) is 0.794. The van der Waals surface area contributed by atoms with Gasteiger partial charge in [0.25, 0.3) is 0 Å². The van der Waals surface area contributed by atoms with Crippen molar-refractivity contribution in [3.63, 3.8) is 0 Å². The first-order valence-electron chi connectivity index (χ1n) is 3.41. The van der Waals surface area contributed by atoms with E-state index in [1.807, 2.05) is 18.2 Å². The molecule has 0 bridgehead atoms. The number of anilines is 1. The first-order chi connectivity index (χ1) is 5.83. The van der Waals surface area contributed by atoms with Crippen LogP contribution in [0.4, 0.5) is 5.69 Å². The second-order valence-electron chi connectivity index (χ2n) is 2.13. The maximum atomic E-state index is 5.11. The molecule has 3 nitrogen and oxygen atoms in total. The van der Waals surface area contributed by atoms with E-state index in [1.165, 1.54) is 0 Å². The van der Waals surface area contributed by atoms with Crippen molar-refractivity contribution in [2.45, 2.75) is 0 Å². The third-order valence-electron chi connectivity index (χ3n) is 1.52. The smallest absolute Gasteiger partial charge is 0.146 e. The number of methoxy groups -OCH3 is 2. The first-order valence-corrected chi connectivity index (χ1v) is 4.20. The number of rotatable bonds is 3. The summed E-state index contributed by atoms with van der Waals surface area (Å²) < 4.78 is 13.0. The summed E-state index contributed by atoms with van der Waals surface area (Å²) in [5.74, 6) is 1.48. The maximum absolute atomic E-state index is 5.11. The summed E-state index contributed by atoms with van der Waals surface area (Å²) in [5, 5.41) is 0. The van der Waals surface area contributed by atoms with Crippen molar-refractivity contribution in [3.05, 3.63) is 18.2 Å². The Kier molecular flexibility index (Phi) is 3.22. The van der Waals surface area contributed by atoms with Crippen LogP contribution in [0.25, 0.3) is 0 Å². The molecule has 1 rings (SSSR count). The number of nitrogens with one attached hydrogen (secondary N) is 1. The Morgan fingerprint density at radius 2 is 1.67 bits per heavy atom. The average Bonchev–Trinajstić information content (AvgIpc) is 2.16. The van der Waals surface area contributed by atoms with Gasteiger partial charge < -0.3 is 13.8 Å². The molecule has 0 atom stereocenters. The van der Waals surface area contributed by atoms with Crippen LogP contribution in [-0.2, 0) is 0 Å². The van der Waals surface area contributed by atoms with Crippen LogP contribution in [0.2, 0.25) is 0 Å². The van der Waals surface area contributed by atoms with E-state index in [9.17, 15) is 0 Å². The number of hydrogen-bond acceptors (Lipinski definition) is 3. The van der Waals surface area contributed by atoms with Gasteiger partial charge in [0, 0.05) is 16.1 Å². The molecule has 4 heteroatoms. The van der Waals surface area contributed by atoms with Gasteiger partial charge in [-0.2, -0.15) is 0 Å². The predicted molar refractivity (Wildman–Crippen MR) is 52.1 cm³/mol. The zero-order valence-electron chi connectivity index (χ0n) is 6.93. The van der Waals surface area contributed by atoms with Crippen molar-refractivity contribution in [1.29, 1.82) is 0 Å². The lowest BCUT2D eigenvalue weighted by Gasteiger charge is -2.10. The lowest BCUT2D eigenvalue weighted by molar-refractivity contribution is 0.398. The van der Waals surface area contributed by atoms with Crippen LogP contribution >= 0.6 is 16.1 Å². The molecule has 0 fully saturated rings. The molecule has 1 aromatic carbocycles. The van der Waals surface area contributed by atoms with Crippen LogP contribution in [0.15, 0.2) is 18.2 Å². The van der Waals surface area contributed by atoms with Crippen LogP contribution in [0.5, 0.6) is 11.5 Å². The Labute approximate surface area is 80.0 Å². The van der Waals surface area contributed by atoms with Gasteiger partial charge in [-0.15, -0.1) is 0 Å². The highest BCUT2D eigenvalue weighted by Gasteiger charge is 2.06. The summed E-state index contributed by atoms with van der Waals surface area (Å²) in [4.78, 5) is 0. The van der Waals surface area contributed by atoms with Crippen molar-refractivity contribution < 1.29 is 9.47 Å². The minimum Gasteiger partial charge on any atom is -0.494 e. The second kappa shape index (κ2) is 4.21. The monoisotopic (exact) mass is 231 g/mol. The first kappa shape index (κ1) is 9.19. The van der Waals surface area contributed by atoms with Gasteiger partial charge in [0.1, 0.15) is 17.2 Å². The molecule has 0 unspecified atom stereocenters.